The Morgan fingerprint density at radius 2 is 1.43 bits per heavy atom. The molecule has 30 heavy (non-hydrogen) atoms. The standard InChI is InChI=1S/C26H19F3O/c1-2-3-16-4-8-20-17(12-16)5-9-21(23(20)15-30)18-6-10-22(25(28)13-18)19-7-11-24(27)26(29)14-19/h4-15H,2-3H2,1H3. The lowest BCUT2D eigenvalue weighted by molar-refractivity contribution is 0.112. The average Bonchev–Trinajstić information content (AvgIpc) is 2.75. The molecule has 4 heteroatoms. The summed E-state index contributed by atoms with van der Waals surface area (Å²) in [5.74, 6) is -2.59. The van der Waals surface area contributed by atoms with Gasteiger partial charge in [0.15, 0.2) is 17.9 Å². The van der Waals surface area contributed by atoms with Crippen LogP contribution in [0.1, 0.15) is 29.3 Å². The van der Waals surface area contributed by atoms with Crippen LogP contribution in [0.3, 0.4) is 0 Å². The number of aldehydes is 1. The van der Waals surface area contributed by atoms with Crippen LogP contribution in [0, 0.1) is 17.5 Å². The van der Waals surface area contributed by atoms with Gasteiger partial charge in [-0.05, 0) is 57.6 Å². The molecular formula is C26H19F3O. The van der Waals surface area contributed by atoms with Crippen molar-refractivity contribution in [2.75, 3.05) is 0 Å². The van der Waals surface area contributed by atoms with E-state index in [1.165, 1.54) is 23.8 Å². The van der Waals surface area contributed by atoms with Gasteiger partial charge in [-0.15, -0.1) is 0 Å². The highest BCUT2D eigenvalue weighted by Crippen LogP contribution is 2.33. The maximum Gasteiger partial charge on any atom is 0.159 e. The Hall–Kier alpha value is -3.40. The number of halogens is 3. The molecule has 0 N–H and O–H groups in total. The number of benzene rings is 4. The van der Waals surface area contributed by atoms with E-state index in [2.05, 4.69) is 13.0 Å². The molecule has 1 nitrogen and oxygen atoms in total. The van der Waals surface area contributed by atoms with Gasteiger partial charge in [-0.3, -0.25) is 4.79 Å². The Kier molecular flexibility index (Phi) is 5.40. The van der Waals surface area contributed by atoms with Gasteiger partial charge in [0.05, 0.1) is 0 Å². The molecule has 0 amide bonds. The number of fused-ring (bicyclic) bond motifs is 1. The maximum absolute atomic E-state index is 14.8. The van der Waals surface area contributed by atoms with Crippen LogP contribution in [0.2, 0.25) is 0 Å². The van der Waals surface area contributed by atoms with Crippen LogP contribution in [-0.4, -0.2) is 6.29 Å². The molecule has 0 unspecified atom stereocenters. The molecule has 0 fully saturated rings. The Balaban J connectivity index is 1.80. The minimum Gasteiger partial charge on any atom is -0.298 e. The van der Waals surface area contributed by atoms with E-state index in [1.807, 2.05) is 24.3 Å². The molecule has 0 saturated carbocycles. The zero-order valence-electron chi connectivity index (χ0n) is 16.4. The summed E-state index contributed by atoms with van der Waals surface area (Å²) in [5.41, 5.74) is 3.27. The van der Waals surface area contributed by atoms with E-state index >= 15 is 0 Å². The smallest absolute Gasteiger partial charge is 0.159 e. The minimum atomic E-state index is -1.03. The second kappa shape index (κ2) is 8.15. The zero-order valence-corrected chi connectivity index (χ0v) is 16.4. The fourth-order valence-corrected chi connectivity index (χ4v) is 3.81. The predicted molar refractivity (Wildman–Crippen MR) is 114 cm³/mol. The lowest BCUT2D eigenvalue weighted by atomic mass is 9.92. The number of aryl methyl sites for hydroxylation is 1. The first-order valence-electron chi connectivity index (χ1n) is 9.78. The van der Waals surface area contributed by atoms with Gasteiger partial charge in [-0.25, -0.2) is 13.2 Å². The summed E-state index contributed by atoms with van der Waals surface area (Å²) in [7, 11) is 0. The summed E-state index contributed by atoms with van der Waals surface area (Å²) in [5, 5.41) is 1.78. The van der Waals surface area contributed by atoms with Gasteiger partial charge in [0.25, 0.3) is 0 Å². The number of carbonyl (C=O) groups excluding carboxylic acids is 1. The van der Waals surface area contributed by atoms with Gasteiger partial charge in [0.1, 0.15) is 5.82 Å². The SMILES string of the molecule is CCCc1ccc2c(C=O)c(-c3ccc(-c4ccc(F)c(F)c4)c(F)c3)ccc2c1. The molecule has 0 aromatic heterocycles. The number of rotatable bonds is 5. The maximum atomic E-state index is 14.8. The lowest BCUT2D eigenvalue weighted by Crippen LogP contribution is -1.94. The molecular weight excluding hydrogens is 385 g/mol. The van der Waals surface area contributed by atoms with Crippen molar-refractivity contribution in [3.8, 4) is 22.3 Å². The average molecular weight is 404 g/mol. The summed E-state index contributed by atoms with van der Waals surface area (Å²) in [6.07, 6.45) is 2.79. The third-order valence-corrected chi connectivity index (χ3v) is 5.29. The topological polar surface area (TPSA) is 17.1 Å². The van der Waals surface area contributed by atoms with Gasteiger partial charge >= 0.3 is 0 Å². The Labute approximate surface area is 172 Å². The van der Waals surface area contributed by atoms with Gasteiger partial charge < -0.3 is 0 Å². The lowest BCUT2D eigenvalue weighted by Gasteiger charge is -2.12. The van der Waals surface area contributed by atoms with E-state index in [0.717, 1.165) is 42.0 Å². The Bertz CT molecular complexity index is 1260. The van der Waals surface area contributed by atoms with Crippen molar-refractivity contribution in [2.45, 2.75) is 19.8 Å². The molecule has 150 valence electrons. The van der Waals surface area contributed by atoms with Gasteiger partial charge in [-0.2, -0.15) is 0 Å². The number of hydrogen-bond donors (Lipinski definition) is 0. The first-order chi connectivity index (χ1) is 14.5. The first-order valence-corrected chi connectivity index (χ1v) is 9.78. The van der Waals surface area contributed by atoms with Crippen LogP contribution in [0.15, 0.2) is 66.7 Å². The Morgan fingerprint density at radius 3 is 2.13 bits per heavy atom. The van der Waals surface area contributed by atoms with Crippen molar-refractivity contribution >= 4 is 17.1 Å². The molecule has 0 aliphatic carbocycles. The molecule has 4 aromatic carbocycles. The zero-order chi connectivity index (χ0) is 21.3. The van der Waals surface area contributed by atoms with E-state index in [0.29, 0.717) is 16.7 Å². The minimum absolute atomic E-state index is 0.162. The van der Waals surface area contributed by atoms with Crippen LogP contribution in [0.5, 0.6) is 0 Å². The van der Waals surface area contributed by atoms with Crippen LogP contribution >= 0.6 is 0 Å². The summed E-state index contributed by atoms with van der Waals surface area (Å²) in [6.45, 7) is 2.11. The fourth-order valence-electron chi connectivity index (χ4n) is 3.81. The molecule has 0 heterocycles. The molecule has 0 radical (unpaired) electrons. The molecule has 0 aliphatic rings. The summed E-state index contributed by atoms with van der Waals surface area (Å²) < 4.78 is 41.5. The highest BCUT2D eigenvalue weighted by molar-refractivity contribution is 6.04. The highest BCUT2D eigenvalue weighted by Gasteiger charge is 2.14. The predicted octanol–water partition coefficient (Wildman–Crippen LogP) is 7.36. The van der Waals surface area contributed by atoms with Crippen molar-refractivity contribution in [1.29, 1.82) is 0 Å². The van der Waals surface area contributed by atoms with Crippen LogP contribution in [0.4, 0.5) is 13.2 Å². The Morgan fingerprint density at radius 1 is 0.733 bits per heavy atom. The number of hydrogen-bond acceptors (Lipinski definition) is 1. The summed E-state index contributed by atoms with van der Waals surface area (Å²) in [6, 6.07) is 17.5. The van der Waals surface area contributed by atoms with Crippen LogP contribution < -0.4 is 0 Å². The molecule has 0 saturated heterocycles. The van der Waals surface area contributed by atoms with Crippen molar-refractivity contribution < 1.29 is 18.0 Å². The number of carbonyl (C=O) groups is 1. The molecule has 4 rings (SSSR count). The van der Waals surface area contributed by atoms with Crippen molar-refractivity contribution in [1.82, 2.24) is 0 Å². The van der Waals surface area contributed by atoms with Crippen molar-refractivity contribution in [3.63, 3.8) is 0 Å². The van der Waals surface area contributed by atoms with Crippen molar-refractivity contribution in [3.05, 3.63) is 95.3 Å². The molecule has 0 aliphatic heterocycles. The van der Waals surface area contributed by atoms with E-state index in [1.54, 1.807) is 6.07 Å². The summed E-state index contributed by atoms with van der Waals surface area (Å²) >= 11 is 0. The quantitative estimate of drug-likeness (QED) is 0.318. The van der Waals surface area contributed by atoms with Gasteiger partial charge in [-0.1, -0.05) is 61.9 Å². The third kappa shape index (κ3) is 3.61. The third-order valence-electron chi connectivity index (χ3n) is 5.29. The molecule has 0 spiro atoms. The van der Waals surface area contributed by atoms with Gasteiger partial charge in [0, 0.05) is 11.1 Å². The second-order valence-electron chi connectivity index (χ2n) is 7.27. The van der Waals surface area contributed by atoms with Gasteiger partial charge in [0.2, 0.25) is 0 Å². The second-order valence-corrected chi connectivity index (χ2v) is 7.27. The monoisotopic (exact) mass is 404 g/mol. The van der Waals surface area contributed by atoms with E-state index < -0.39 is 17.5 Å². The van der Waals surface area contributed by atoms with Crippen LogP contribution in [-0.2, 0) is 6.42 Å². The van der Waals surface area contributed by atoms with Crippen molar-refractivity contribution in [2.24, 2.45) is 0 Å². The van der Waals surface area contributed by atoms with E-state index in [9.17, 15) is 18.0 Å². The van der Waals surface area contributed by atoms with Crippen LogP contribution in [0.25, 0.3) is 33.0 Å². The molecule has 4 aromatic rings. The highest BCUT2D eigenvalue weighted by atomic mass is 19.2. The first kappa shape index (κ1) is 19.9. The largest absolute Gasteiger partial charge is 0.298 e. The molecule has 0 bridgehead atoms. The normalized spacial score (nSPS) is 11.1. The van der Waals surface area contributed by atoms with E-state index in [4.69, 9.17) is 0 Å². The van der Waals surface area contributed by atoms with E-state index in [-0.39, 0.29) is 11.1 Å². The summed E-state index contributed by atoms with van der Waals surface area (Å²) in [4.78, 5) is 11.9. The fraction of sp³-hybridized carbons (Fsp3) is 0.115. The molecule has 0 atom stereocenters.